The predicted molar refractivity (Wildman–Crippen MR) is 83.7 cm³/mol. The van der Waals surface area contributed by atoms with Crippen molar-refractivity contribution in [3.63, 3.8) is 0 Å². The SMILES string of the molecule is Cc1ccc(-c2noc(COc3ccc(F)c(C(N)=O)c3F)n2)cc1. The lowest BCUT2D eigenvalue weighted by Gasteiger charge is -2.07. The van der Waals surface area contributed by atoms with E-state index in [9.17, 15) is 13.6 Å². The van der Waals surface area contributed by atoms with Crippen molar-refractivity contribution in [2.75, 3.05) is 0 Å². The third-order valence-corrected chi connectivity index (χ3v) is 3.43. The number of hydrogen-bond donors (Lipinski definition) is 1. The van der Waals surface area contributed by atoms with Gasteiger partial charge in [-0.2, -0.15) is 4.98 Å². The van der Waals surface area contributed by atoms with E-state index in [0.29, 0.717) is 5.82 Å². The highest BCUT2D eigenvalue weighted by Crippen LogP contribution is 2.24. The molecule has 0 saturated heterocycles. The van der Waals surface area contributed by atoms with Crippen LogP contribution in [-0.4, -0.2) is 16.0 Å². The Morgan fingerprint density at radius 3 is 2.60 bits per heavy atom. The molecule has 0 atom stereocenters. The summed E-state index contributed by atoms with van der Waals surface area (Å²) in [4.78, 5) is 15.2. The number of ether oxygens (including phenoxy) is 1. The first-order valence-corrected chi connectivity index (χ1v) is 7.26. The maximum absolute atomic E-state index is 14.1. The predicted octanol–water partition coefficient (Wildman–Crippen LogP) is 3.00. The Balaban J connectivity index is 1.76. The van der Waals surface area contributed by atoms with Crippen LogP contribution in [0.3, 0.4) is 0 Å². The van der Waals surface area contributed by atoms with Gasteiger partial charge >= 0.3 is 0 Å². The fourth-order valence-corrected chi connectivity index (χ4v) is 2.14. The Bertz CT molecular complexity index is 923. The van der Waals surface area contributed by atoms with Gasteiger partial charge in [-0.1, -0.05) is 35.0 Å². The number of nitrogens with two attached hydrogens (primary N) is 1. The average molecular weight is 345 g/mol. The van der Waals surface area contributed by atoms with Crippen LogP contribution in [0.4, 0.5) is 8.78 Å². The second kappa shape index (κ2) is 6.68. The number of benzene rings is 2. The second-order valence-corrected chi connectivity index (χ2v) is 5.27. The summed E-state index contributed by atoms with van der Waals surface area (Å²) in [6, 6.07) is 9.42. The van der Waals surface area contributed by atoms with Gasteiger partial charge in [-0.3, -0.25) is 4.79 Å². The van der Waals surface area contributed by atoms with Gasteiger partial charge in [0.25, 0.3) is 11.8 Å². The summed E-state index contributed by atoms with van der Waals surface area (Å²) in [6.07, 6.45) is 0. The van der Waals surface area contributed by atoms with Crippen LogP contribution >= 0.6 is 0 Å². The van der Waals surface area contributed by atoms with E-state index < -0.39 is 23.1 Å². The molecular weight excluding hydrogens is 332 g/mol. The largest absolute Gasteiger partial charge is 0.481 e. The van der Waals surface area contributed by atoms with Gasteiger partial charge in [-0.05, 0) is 19.1 Å². The van der Waals surface area contributed by atoms with Gasteiger partial charge in [0.1, 0.15) is 11.4 Å². The van der Waals surface area contributed by atoms with E-state index in [-0.39, 0.29) is 18.2 Å². The molecule has 1 heterocycles. The van der Waals surface area contributed by atoms with Crippen molar-refractivity contribution in [3.05, 3.63) is 65.1 Å². The zero-order chi connectivity index (χ0) is 18.0. The zero-order valence-corrected chi connectivity index (χ0v) is 13.1. The first-order chi connectivity index (χ1) is 12.0. The lowest BCUT2D eigenvalue weighted by molar-refractivity contribution is 0.0991. The van der Waals surface area contributed by atoms with Crippen LogP contribution < -0.4 is 10.5 Å². The number of rotatable bonds is 5. The molecule has 3 aromatic rings. The highest BCUT2D eigenvalue weighted by Gasteiger charge is 2.20. The molecule has 6 nitrogen and oxygen atoms in total. The van der Waals surface area contributed by atoms with E-state index in [1.807, 2.05) is 31.2 Å². The van der Waals surface area contributed by atoms with Crippen LogP contribution in [0.25, 0.3) is 11.4 Å². The van der Waals surface area contributed by atoms with Crippen molar-refractivity contribution in [1.29, 1.82) is 0 Å². The van der Waals surface area contributed by atoms with Gasteiger partial charge in [0.2, 0.25) is 5.82 Å². The zero-order valence-electron chi connectivity index (χ0n) is 13.1. The maximum Gasteiger partial charge on any atom is 0.264 e. The first-order valence-electron chi connectivity index (χ1n) is 7.26. The number of carbonyl (C=O) groups is 1. The molecule has 3 rings (SSSR count). The minimum Gasteiger partial charge on any atom is -0.481 e. The van der Waals surface area contributed by atoms with E-state index in [1.54, 1.807) is 0 Å². The van der Waals surface area contributed by atoms with Crippen LogP contribution in [0.1, 0.15) is 21.8 Å². The van der Waals surface area contributed by atoms with Gasteiger partial charge in [-0.25, -0.2) is 8.78 Å². The third kappa shape index (κ3) is 3.47. The Labute approximate surface area is 141 Å². The maximum atomic E-state index is 14.1. The van der Waals surface area contributed by atoms with Crippen molar-refractivity contribution < 1.29 is 22.8 Å². The molecule has 0 radical (unpaired) electrons. The van der Waals surface area contributed by atoms with Crippen molar-refractivity contribution in [1.82, 2.24) is 10.1 Å². The Kier molecular flexibility index (Phi) is 4.42. The fourth-order valence-electron chi connectivity index (χ4n) is 2.14. The standard InChI is InChI=1S/C17H13F2N3O3/c1-9-2-4-10(5-3-9)17-21-13(25-22-17)8-24-12-7-6-11(18)14(15(12)19)16(20)23/h2-7H,8H2,1H3,(H2,20,23). The molecule has 25 heavy (non-hydrogen) atoms. The molecule has 2 N–H and O–H groups in total. The summed E-state index contributed by atoms with van der Waals surface area (Å²) < 4.78 is 37.7. The molecular formula is C17H13F2N3O3. The Morgan fingerprint density at radius 1 is 1.20 bits per heavy atom. The van der Waals surface area contributed by atoms with Gasteiger partial charge in [0.15, 0.2) is 18.2 Å². The number of carbonyl (C=O) groups excluding carboxylic acids is 1. The van der Waals surface area contributed by atoms with E-state index in [1.165, 1.54) is 0 Å². The van der Waals surface area contributed by atoms with Crippen LogP contribution in [-0.2, 0) is 6.61 Å². The number of aryl methyl sites for hydroxylation is 1. The lowest BCUT2D eigenvalue weighted by atomic mass is 10.1. The molecule has 0 aliphatic rings. The Hall–Kier alpha value is -3.29. The van der Waals surface area contributed by atoms with Gasteiger partial charge in [-0.15, -0.1) is 0 Å². The highest BCUT2D eigenvalue weighted by atomic mass is 19.1. The van der Waals surface area contributed by atoms with E-state index in [4.69, 9.17) is 15.0 Å². The molecule has 0 spiro atoms. The monoisotopic (exact) mass is 345 g/mol. The van der Waals surface area contributed by atoms with Crippen molar-refractivity contribution in [2.24, 2.45) is 5.73 Å². The lowest BCUT2D eigenvalue weighted by Crippen LogP contribution is -2.16. The molecule has 0 saturated carbocycles. The van der Waals surface area contributed by atoms with Gasteiger partial charge < -0.3 is 15.0 Å². The Morgan fingerprint density at radius 2 is 1.92 bits per heavy atom. The van der Waals surface area contributed by atoms with Crippen LogP contribution in [0.5, 0.6) is 5.75 Å². The van der Waals surface area contributed by atoms with Gasteiger partial charge in [0, 0.05) is 5.56 Å². The fraction of sp³-hybridized carbons (Fsp3) is 0.118. The summed E-state index contributed by atoms with van der Waals surface area (Å²) in [5, 5.41) is 3.82. The summed E-state index contributed by atoms with van der Waals surface area (Å²) in [6.45, 7) is 1.70. The molecule has 8 heteroatoms. The molecule has 128 valence electrons. The molecule has 1 aromatic heterocycles. The van der Waals surface area contributed by atoms with Crippen molar-refractivity contribution in [3.8, 4) is 17.1 Å². The number of amides is 1. The molecule has 2 aromatic carbocycles. The smallest absolute Gasteiger partial charge is 0.264 e. The summed E-state index contributed by atoms with van der Waals surface area (Å²) in [5.41, 5.74) is 5.94. The summed E-state index contributed by atoms with van der Waals surface area (Å²) in [7, 11) is 0. The van der Waals surface area contributed by atoms with Gasteiger partial charge in [0.05, 0.1) is 0 Å². The molecule has 0 unspecified atom stereocenters. The van der Waals surface area contributed by atoms with E-state index >= 15 is 0 Å². The minimum absolute atomic E-state index is 0.0972. The molecule has 0 aliphatic heterocycles. The molecule has 1 amide bonds. The number of hydrogen-bond acceptors (Lipinski definition) is 5. The van der Waals surface area contributed by atoms with Crippen LogP contribution in [0, 0.1) is 18.6 Å². The summed E-state index contributed by atoms with van der Waals surface area (Å²) >= 11 is 0. The van der Waals surface area contributed by atoms with E-state index in [2.05, 4.69) is 10.1 Å². The number of halogens is 2. The van der Waals surface area contributed by atoms with Crippen LogP contribution in [0.2, 0.25) is 0 Å². The topological polar surface area (TPSA) is 91.2 Å². The minimum atomic E-state index is -1.22. The quantitative estimate of drug-likeness (QED) is 0.767. The number of nitrogens with zero attached hydrogens (tertiary/aromatic N) is 2. The molecule has 0 aliphatic carbocycles. The van der Waals surface area contributed by atoms with E-state index in [0.717, 1.165) is 23.3 Å². The van der Waals surface area contributed by atoms with Crippen molar-refractivity contribution in [2.45, 2.75) is 13.5 Å². The first kappa shape index (κ1) is 16.6. The second-order valence-electron chi connectivity index (χ2n) is 5.27. The highest BCUT2D eigenvalue weighted by molar-refractivity contribution is 5.93. The summed E-state index contributed by atoms with van der Waals surface area (Å²) in [5.74, 6) is -3.34. The third-order valence-electron chi connectivity index (χ3n) is 3.43. The van der Waals surface area contributed by atoms with Crippen molar-refractivity contribution >= 4 is 5.91 Å². The normalized spacial score (nSPS) is 10.7. The molecule has 0 fully saturated rings. The molecule has 0 bridgehead atoms. The number of primary amides is 1. The number of aromatic nitrogens is 2. The van der Waals surface area contributed by atoms with Crippen LogP contribution in [0.15, 0.2) is 40.9 Å². The average Bonchev–Trinajstić information content (AvgIpc) is 3.03.